The number of hydrogen-bond donors (Lipinski definition) is 1. The van der Waals surface area contributed by atoms with Gasteiger partial charge in [-0.1, -0.05) is 31.2 Å². The summed E-state index contributed by atoms with van der Waals surface area (Å²) in [5.41, 5.74) is 3.24. The fourth-order valence-electron chi connectivity index (χ4n) is 2.55. The van der Waals surface area contributed by atoms with Crippen LogP contribution in [0.4, 0.5) is 0 Å². The highest BCUT2D eigenvalue weighted by Crippen LogP contribution is 2.18. The van der Waals surface area contributed by atoms with Gasteiger partial charge in [-0.05, 0) is 36.2 Å². The minimum absolute atomic E-state index is 0.0819. The first-order valence-electron chi connectivity index (χ1n) is 7.58. The Morgan fingerprint density at radius 2 is 1.86 bits per heavy atom. The Bertz CT molecular complexity index is 747. The van der Waals surface area contributed by atoms with E-state index in [2.05, 4.69) is 24.0 Å². The maximum Gasteiger partial charge on any atom is 0.148 e. The van der Waals surface area contributed by atoms with E-state index in [4.69, 9.17) is 4.74 Å². The van der Waals surface area contributed by atoms with Crippen LogP contribution in [0.5, 0.6) is 5.75 Å². The first-order valence-corrected chi connectivity index (χ1v) is 7.58. The topological polar surface area (TPSA) is 47.3 Å². The molecular formula is C18H20N2O2. The van der Waals surface area contributed by atoms with Crippen molar-refractivity contribution in [2.24, 2.45) is 0 Å². The average Bonchev–Trinajstić information content (AvgIpc) is 2.92. The summed E-state index contributed by atoms with van der Waals surface area (Å²) in [7, 11) is 0. The van der Waals surface area contributed by atoms with E-state index < -0.39 is 0 Å². The van der Waals surface area contributed by atoms with Gasteiger partial charge in [0.2, 0.25) is 0 Å². The zero-order chi connectivity index (χ0) is 15.4. The summed E-state index contributed by atoms with van der Waals surface area (Å²) >= 11 is 0. The molecule has 0 spiro atoms. The van der Waals surface area contributed by atoms with Gasteiger partial charge in [0.05, 0.1) is 17.6 Å². The predicted molar refractivity (Wildman–Crippen MR) is 87.0 cm³/mol. The van der Waals surface area contributed by atoms with Gasteiger partial charge in [0.15, 0.2) is 0 Å². The number of aliphatic hydroxyl groups excluding tert-OH is 1. The molecule has 0 fully saturated rings. The van der Waals surface area contributed by atoms with Crippen LogP contribution in [-0.4, -0.2) is 21.3 Å². The molecule has 0 saturated heterocycles. The minimum atomic E-state index is 0.0819. The van der Waals surface area contributed by atoms with E-state index in [1.807, 2.05) is 41.0 Å². The van der Waals surface area contributed by atoms with Crippen LogP contribution < -0.4 is 4.74 Å². The van der Waals surface area contributed by atoms with Crippen molar-refractivity contribution in [3.8, 4) is 5.75 Å². The van der Waals surface area contributed by atoms with Gasteiger partial charge in [-0.3, -0.25) is 0 Å². The van der Waals surface area contributed by atoms with Gasteiger partial charge in [0, 0.05) is 6.54 Å². The lowest BCUT2D eigenvalue weighted by Gasteiger charge is -2.09. The smallest absolute Gasteiger partial charge is 0.148 e. The second-order valence-corrected chi connectivity index (χ2v) is 5.18. The summed E-state index contributed by atoms with van der Waals surface area (Å²) in [5.74, 6) is 1.66. The number of ether oxygens (including phenoxy) is 1. The van der Waals surface area contributed by atoms with E-state index in [0.29, 0.717) is 13.2 Å². The molecule has 0 aliphatic carbocycles. The summed E-state index contributed by atoms with van der Waals surface area (Å²) in [6.07, 6.45) is 1.02. The molecule has 4 nitrogen and oxygen atoms in total. The maximum atomic E-state index is 9.28. The number of nitrogens with zero attached hydrogens (tertiary/aromatic N) is 2. The molecule has 0 saturated carbocycles. The van der Waals surface area contributed by atoms with Crippen molar-refractivity contribution >= 4 is 11.0 Å². The quantitative estimate of drug-likeness (QED) is 0.760. The van der Waals surface area contributed by atoms with Crippen LogP contribution in [0.1, 0.15) is 18.3 Å². The van der Waals surface area contributed by atoms with Gasteiger partial charge >= 0.3 is 0 Å². The number of aliphatic hydroxyl groups is 1. The van der Waals surface area contributed by atoms with Crippen molar-refractivity contribution in [2.45, 2.75) is 26.5 Å². The molecule has 0 unspecified atom stereocenters. The molecule has 3 rings (SSSR count). The molecule has 0 aliphatic heterocycles. The molecule has 22 heavy (non-hydrogen) atoms. The van der Waals surface area contributed by atoms with Crippen LogP contribution in [0.15, 0.2) is 48.5 Å². The average molecular weight is 296 g/mol. The van der Waals surface area contributed by atoms with Crippen molar-refractivity contribution in [3.05, 3.63) is 59.9 Å². The zero-order valence-corrected chi connectivity index (χ0v) is 12.7. The van der Waals surface area contributed by atoms with E-state index >= 15 is 0 Å². The largest absolute Gasteiger partial charge is 0.486 e. The first kappa shape index (κ1) is 14.6. The third-order valence-electron chi connectivity index (χ3n) is 3.76. The van der Waals surface area contributed by atoms with Crippen LogP contribution >= 0.6 is 0 Å². The highest BCUT2D eigenvalue weighted by atomic mass is 16.5. The molecule has 4 heteroatoms. The van der Waals surface area contributed by atoms with Crippen LogP contribution in [-0.2, 0) is 19.6 Å². The van der Waals surface area contributed by atoms with Gasteiger partial charge in [0.25, 0.3) is 0 Å². The molecule has 0 amide bonds. The van der Waals surface area contributed by atoms with E-state index in [9.17, 15) is 5.11 Å². The second kappa shape index (κ2) is 6.62. The molecule has 0 aliphatic rings. The number of hydrogen-bond acceptors (Lipinski definition) is 3. The van der Waals surface area contributed by atoms with Gasteiger partial charge in [-0.2, -0.15) is 0 Å². The molecular weight excluding hydrogens is 276 g/mol. The van der Waals surface area contributed by atoms with Crippen molar-refractivity contribution in [1.82, 2.24) is 9.55 Å². The number of fused-ring (bicyclic) bond motifs is 1. The van der Waals surface area contributed by atoms with Crippen LogP contribution in [0.25, 0.3) is 11.0 Å². The van der Waals surface area contributed by atoms with Gasteiger partial charge < -0.3 is 14.4 Å². The summed E-state index contributed by atoms with van der Waals surface area (Å²) in [5, 5.41) is 9.28. The molecule has 3 aromatic rings. The SMILES string of the molecule is CCc1ccc(OCc2nc3ccccc3n2CCO)cc1. The summed E-state index contributed by atoms with van der Waals surface area (Å²) in [6.45, 7) is 3.12. The maximum absolute atomic E-state index is 9.28. The number of rotatable bonds is 6. The van der Waals surface area contributed by atoms with E-state index in [1.165, 1.54) is 5.56 Å². The number of aryl methyl sites for hydroxylation is 1. The number of benzene rings is 2. The van der Waals surface area contributed by atoms with Crippen molar-refractivity contribution in [3.63, 3.8) is 0 Å². The fourth-order valence-corrected chi connectivity index (χ4v) is 2.55. The lowest BCUT2D eigenvalue weighted by atomic mass is 10.2. The summed E-state index contributed by atoms with van der Waals surface area (Å²) < 4.78 is 7.85. The Hall–Kier alpha value is -2.33. The van der Waals surface area contributed by atoms with Gasteiger partial charge in [-0.15, -0.1) is 0 Å². The lowest BCUT2D eigenvalue weighted by molar-refractivity contribution is 0.260. The Kier molecular flexibility index (Phi) is 4.39. The predicted octanol–water partition coefficient (Wildman–Crippen LogP) is 3.17. The minimum Gasteiger partial charge on any atom is -0.486 e. The summed E-state index contributed by atoms with van der Waals surface area (Å²) in [6, 6.07) is 16.0. The Balaban J connectivity index is 1.81. The Morgan fingerprint density at radius 1 is 1.09 bits per heavy atom. The third-order valence-corrected chi connectivity index (χ3v) is 3.76. The molecule has 1 aromatic heterocycles. The fraction of sp³-hybridized carbons (Fsp3) is 0.278. The monoisotopic (exact) mass is 296 g/mol. The highest BCUT2D eigenvalue weighted by molar-refractivity contribution is 5.75. The normalized spacial score (nSPS) is 11.0. The van der Waals surface area contributed by atoms with Crippen LogP contribution in [0.2, 0.25) is 0 Å². The van der Waals surface area contributed by atoms with E-state index in [1.54, 1.807) is 0 Å². The standard InChI is InChI=1S/C18H20N2O2/c1-2-14-7-9-15(10-8-14)22-13-18-19-16-5-3-4-6-17(16)20(18)11-12-21/h3-10,21H,2,11-13H2,1H3. The van der Waals surface area contributed by atoms with Crippen LogP contribution in [0.3, 0.4) is 0 Å². The van der Waals surface area contributed by atoms with Crippen molar-refractivity contribution in [2.75, 3.05) is 6.61 Å². The molecule has 114 valence electrons. The van der Waals surface area contributed by atoms with Crippen LogP contribution in [0, 0.1) is 0 Å². The van der Waals surface area contributed by atoms with Gasteiger partial charge in [0.1, 0.15) is 18.2 Å². The molecule has 1 heterocycles. The first-order chi connectivity index (χ1) is 10.8. The number of imidazole rings is 1. The molecule has 0 bridgehead atoms. The Labute approximate surface area is 130 Å². The molecule has 2 aromatic carbocycles. The lowest BCUT2D eigenvalue weighted by Crippen LogP contribution is -2.09. The second-order valence-electron chi connectivity index (χ2n) is 5.18. The molecule has 0 radical (unpaired) electrons. The van der Waals surface area contributed by atoms with E-state index in [-0.39, 0.29) is 6.61 Å². The number of aromatic nitrogens is 2. The Morgan fingerprint density at radius 3 is 2.59 bits per heavy atom. The molecule has 1 N–H and O–H groups in total. The summed E-state index contributed by atoms with van der Waals surface area (Å²) in [4.78, 5) is 4.61. The highest BCUT2D eigenvalue weighted by Gasteiger charge is 2.10. The van der Waals surface area contributed by atoms with Gasteiger partial charge in [-0.25, -0.2) is 4.98 Å². The molecule has 0 atom stereocenters. The number of para-hydroxylation sites is 2. The van der Waals surface area contributed by atoms with E-state index in [0.717, 1.165) is 29.0 Å². The van der Waals surface area contributed by atoms with Crippen molar-refractivity contribution in [1.29, 1.82) is 0 Å². The third kappa shape index (κ3) is 2.97. The zero-order valence-electron chi connectivity index (χ0n) is 12.7. The van der Waals surface area contributed by atoms with Crippen molar-refractivity contribution < 1.29 is 9.84 Å².